The molecule has 1 heterocycles. The van der Waals surface area contributed by atoms with E-state index in [-0.39, 0.29) is 17.2 Å². The molecule has 41 heavy (non-hydrogen) atoms. The van der Waals surface area contributed by atoms with Gasteiger partial charge in [-0.2, -0.15) is 0 Å². The van der Waals surface area contributed by atoms with E-state index in [9.17, 15) is 9.59 Å². The van der Waals surface area contributed by atoms with E-state index in [0.717, 1.165) is 22.5 Å². The molecule has 0 spiro atoms. The van der Waals surface area contributed by atoms with Gasteiger partial charge in [-0.3, -0.25) is 9.69 Å². The number of amides is 2. The second-order valence-corrected chi connectivity index (χ2v) is 10.6. The summed E-state index contributed by atoms with van der Waals surface area (Å²) >= 11 is 12.1. The molecule has 1 aliphatic rings. The summed E-state index contributed by atoms with van der Waals surface area (Å²) in [5, 5.41) is 6.73. The van der Waals surface area contributed by atoms with Gasteiger partial charge in [0.2, 0.25) is 5.91 Å². The number of benzene rings is 2. The summed E-state index contributed by atoms with van der Waals surface area (Å²) in [5.74, 6) is 0.220. The average Bonchev–Trinajstić information content (AvgIpc) is 2.96. The number of anilines is 1. The van der Waals surface area contributed by atoms with Gasteiger partial charge in [0.1, 0.15) is 11.8 Å². The molecule has 2 N–H and O–H groups in total. The highest BCUT2D eigenvalue weighted by molar-refractivity contribution is 6.30. The van der Waals surface area contributed by atoms with Crippen molar-refractivity contribution in [2.75, 3.05) is 11.9 Å². The van der Waals surface area contributed by atoms with E-state index in [1.165, 1.54) is 0 Å². The standard InChI is InChI=1S/C31H35Cl2N3O3.C2H6/c1-6-24(32)9-7-8-22(5)34-28-21(4)18-19-36(31(38)39-27-16-12-25(33)13-17-27)29(28)23-10-14-26(15-11-23)35-30(37)20(2)3;1-2/h6-17,20,24,29,34H,1,18-19H2,2-5H3,(H,35,37);1-2H3/b9-7?,22-8+;. The minimum atomic E-state index is -0.469. The highest BCUT2D eigenvalue weighted by Crippen LogP contribution is 2.36. The van der Waals surface area contributed by atoms with Crippen molar-refractivity contribution in [2.24, 2.45) is 5.92 Å². The first kappa shape index (κ1) is 33.7. The highest BCUT2D eigenvalue weighted by atomic mass is 35.5. The summed E-state index contributed by atoms with van der Waals surface area (Å²) < 4.78 is 5.73. The van der Waals surface area contributed by atoms with Crippen LogP contribution >= 0.6 is 23.2 Å². The number of halogens is 2. The van der Waals surface area contributed by atoms with Gasteiger partial charge in [0.05, 0.1) is 5.38 Å². The molecule has 2 amide bonds. The molecule has 2 atom stereocenters. The third kappa shape index (κ3) is 10.1. The predicted octanol–water partition coefficient (Wildman–Crippen LogP) is 9.02. The quantitative estimate of drug-likeness (QED) is 0.172. The van der Waals surface area contributed by atoms with E-state index >= 15 is 0 Å². The number of allylic oxidation sites excluding steroid dienone is 5. The molecule has 3 rings (SSSR count). The van der Waals surface area contributed by atoms with Gasteiger partial charge < -0.3 is 15.4 Å². The maximum Gasteiger partial charge on any atom is 0.416 e. The SMILES string of the molecule is C=CC(Cl)C=C/C=C(\C)NC1=C(C)CCN(C(=O)Oc2ccc(Cl)cc2)C1c1ccc(NC(=O)C(C)C)cc1.CC. The van der Waals surface area contributed by atoms with Gasteiger partial charge in [-0.1, -0.05) is 69.7 Å². The lowest BCUT2D eigenvalue weighted by Gasteiger charge is -2.38. The number of carbonyl (C=O) groups excluding carboxylic acids is 2. The van der Waals surface area contributed by atoms with Crippen LogP contribution < -0.4 is 15.4 Å². The molecule has 8 heteroatoms. The van der Waals surface area contributed by atoms with Gasteiger partial charge in [-0.15, -0.1) is 18.2 Å². The highest BCUT2D eigenvalue weighted by Gasteiger charge is 2.34. The van der Waals surface area contributed by atoms with Crippen LogP contribution in [0.15, 0.2) is 96.4 Å². The van der Waals surface area contributed by atoms with Crippen LogP contribution in [-0.2, 0) is 4.79 Å². The monoisotopic (exact) mass is 597 g/mol. The topological polar surface area (TPSA) is 70.7 Å². The van der Waals surface area contributed by atoms with Crippen LogP contribution in [0.4, 0.5) is 10.5 Å². The summed E-state index contributed by atoms with van der Waals surface area (Å²) in [6.45, 7) is 15.9. The van der Waals surface area contributed by atoms with Gasteiger partial charge in [-0.05, 0) is 73.9 Å². The number of hydrogen-bond donors (Lipinski definition) is 2. The second-order valence-electron chi connectivity index (χ2n) is 9.67. The minimum absolute atomic E-state index is 0.0591. The Morgan fingerprint density at radius 1 is 1.07 bits per heavy atom. The Labute approximate surface area is 254 Å². The van der Waals surface area contributed by atoms with Crippen LogP contribution in [0.2, 0.25) is 5.02 Å². The predicted molar refractivity (Wildman–Crippen MR) is 171 cm³/mol. The number of rotatable bonds is 9. The lowest BCUT2D eigenvalue weighted by molar-refractivity contribution is -0.118. The smallest absolute Gasteiger partial charge is 0.410 e. The van der Waals surface area contributed by atoms with Crippen LogP contribution in [0, 0.1) is 5.92 Å². The Kier molecular flexibility index (Phi) is 13.7. The van der Waals surface area contributed by atoms with Crippen molar-refractivity contribution in [1.29, 1.82) is 0 Å². The molecule has 0 fully saturated rings. The summed E-state index contributed by atoms with van der Waals surface area (Å²) in [5.41, 5.74) is 4.47. The van der Waals surface area contributed by atoms with Gasteiger partial charge >= 0.3 is 6.09 Å². The molecule has 220 valence electrons. The zero-order valence-electron chi connectivity index (χ0n) is 24.7. The minimum Gasteiger partial charge on any atom is -0.410 e. The Hall–Kier alpha value is -3.48. The lowest BCUT2D eigenvalue weighted by Crippen LogP contribution is -2.44. The Morgan fingerprint density at radius 2 is 1.71 bits per heavy atom. The number of nitrogens with zero attached hydrogens (tertiary/aromatic N) is 1. The van der Waals surface area contributed by atoms with Crippen molar-refractivity contribution in [2.45, 2.75) is 59.4 Å². The lowest BCUT2D eigenvalue weighted by atomic mass is 9.93. The average molecular weight is 599 g/mol. The van der Waals surface area contributed by atoms with Gasteiger partial charge in [0.15, 0.2) is 0 Å². The zero-order chi connectivity index (χ0) is 30.5. The fraction of sp³-hybridized carbons (Fsp3) is 0.333. The molecular formula is C33H41Cl2N3O3. The Balaban J connectivity index is 0.00000287. The fourth-order valence-electron chi connectivity index (χ4n) is 4.00. The summed E-state index contributed by atoms with van der Waals surface area (Å²) in [7, 11) is 0. The molecule has 0 bridgehead atoms. The van der Waals surface area contributed by atoms with Crippen molar-refractivity contribution in [3.05, 3.63) is 107 Å². The molecular weight excluding hydrogens is 557 g/mol. The Bertz CT molecular complexity index is 1270. The number of nitrogens with one attached hydrogen (secondary N) is 2. The molecule has 2 aromatic carbocycles. The van der Waals surface area contributed by atoms with E-state index in [2.05, 4.69) is 24.1 Å². The summed E-state index contributed by atoms with van der Waals surface area (Å²) in [6, 6.07) is 13.8. The number of hydrogen-bond acceptors (Lipinski definition) is 4. The van der Waals surface area contributed by atoms with Gasteiger partial charge in [0.25, 0.3) is 0 Å². The summed E-state index contributed by atoms with van der Waals surface area (Å²) in [4.78, 5) is 27.3. The molecule has 0 saturated heterocycles. The molecule has 0 radical (unpaired) electrons. The largest absolute Gasteiger partial charge is 0.416 e. The van der Waals surface area contributed by atoms with E-state index in [0.29, 0.717) is 29.4 Å². The van der Waals surface area contributed by atoms with Crippen molar-refractivity contribution >= 4 is 40.9 Å². The van der Waals surface area contributed by atoms with E-state index < -0.39 is 12.1 Å². The zero-order valence-corrected chi connectivity index (χ0v) is 26.2. The van der Waals surface area contributed by atoms with E-state index in [4.69, 9.17) is 27.9 Å². The number of ether oxygens (including phenoxy) is 1. The van der Waals surface area contributed by atoms with Crippen molar-refractivity contribution in [3.63, 3.8) is 0 Å². The third-order valence-electron chi connectivity index (χ3n) is 6.24. The molecule has 2 unspecified atom stereocenters. The molecule has 1 aliphatic heterocycles. The van der Waals surface area contributed by atoms with E-state index in [1.807, 2.05) is 77.1 Å². The van der Waals surface area contributed by atoms with Gasteiger partial charge in [-0.25, -0.2) is 4.79 Å². The van der Waals surface area contributed by atoms with Gasteiger partial charge in [0, 0.05) is 34.6 Å². The first-order valence-corrected chi connectivity index (χ1v) is 14.6. The maximum atomic E-state index is 13.5. The van der Waals surface area contributed by atoms with Crippen LogP contribution in [0.3, 0.4) is 0 Å². The van der Waals surface area contributed by atoms with Crippen LogP contribution in [-0.4, -0.2) is 28.8 Å². The van der Waals surface area contributed by atoms with Crippen molar-refractivity contribution in [1.82, 2.24) is 10.2 Å². The Morgan fingerprint density at radius 3 is 2.29 bits per heavy atom. The van der Waals surface area contributed by atoms with Crippen LogP contribution in [0.25, 0.3) is 0 Å². The van der Waals surface area contributed by atoms with Crippen molar-refractivity contribution < 1.29 is 14.3 Å². The molecule has 0 aliphatic carbocycles. The maximum absolute atomic E-state index is 13.5. The first-order chi connectivity index (χ1) is 19.6. The normalized spacial score (nSPS) is 16.2. The number of carbonyl (C=O) groups is 2. The van der Waals surface area contributed by atoms with Crippen LogP contribution in [0.5, 0.6) is 5.75 Å². The molecule has 2 aromatic rings. The second kappa shape index (κ2) is 16.7. The number of alkyl halides is 1. The van der Waals surface area contributed by atoms with Crippen LogP contribution in [0.1, 0.15) is 59.6 Å². The third-order valence-corrected chi connectivity index (χ3v) is 6.82. The van der Waals surface area contributed by atoms with Crippen molar-refractivity contribution in [3.8, 4) is 5.75 Å². The molecule has 0 aromatic heterocycles. The van der Waals surface area contributed by atoms with E-state index in [1.54, 1.807) is 35.2 Å². The summed E-state index contributed by atoms with van der Waals surface area (Å²) in [6.07, 6.45) is 7.49. The molecule has 0 saturated carbocycles. The molecule has 6 nitrogen and oxygen atoms in total. The first-order valence-electron chi connectivity index (χ1n) is 13.8. The fourth-order valence-corrected chi connectivity index (χ4v) is 4.21.